The maximum atomic E-state index is 13.4. The van der Waals surface area contributed by atoms with E-state index in [1.54, 1.807) is 54.1 Å². The summed E-state index contributed by atoms with van der Waals surface area (Å²) < 4.78 is 31.3. The first-order chi connectivity index (χ1) is 16.2. The Kier molecular flexibility index (Phi) is 5.32. The number of aromatic nitrogens is 3. The molecular formula is C24H22N4O5S. The van der Waals surface area contributed by atoms with E-state index < -0.39 is 15.7 Å². The van der Waals surface area contributed by atoms with Crippen molar-refractivity contribution in [3.05, 3.63) is 65.5 Å². The van der Waals surface area contributed by atoms with Crippen LogP contribution in [0.15, 0.2) is 53.1 Å². The van der Waals surface area contributed by atoms with Crippen LogP contribution in [0.25, 0.3) is 22.5 Å². The number of sulfone groups is 1. The van der Waals surface area contributed by atoms with E-state index in [1.165, 1.54) is 13.2 Å². The molecule has 5 rings (SSSR count). The molecule has 0 spiro atoms. The minimum absolute atomic E-state index is 0.0186. The number of pyridine rings is 1. The van der Waals surface area contributed by atoms with Crippen molar-refractivity contribution in [2.24, 2.45) is 0 Å². The van der Waals surface area contributed by atoms with Gasteiger partial charge in [-0.2, -0.15) is 5.10 Å². The average molecular weight is 479 g/mol. The van der Waals surface area contributed by atoms with Crippen molar-refractivity contribution in [2.75, 3.05) is 16.8 Å². The second-order valence-electron chi connectivity index (χ2n) is 8.41. The fourth-order valence-electron chi connectivity index (χ4n) is 4.28. The molecular weight excluding hydrogens is 456 g/mol. The fourth-order valence-corrected chi connectivity index (χ4v) is 5.97. The third-order valence-electron chi connectivity index (χ3n) is 5.94. The maximum Gasteiger partial charge on any atom is 0.256 e. The number of fused-ring (bicyclic) bond motifs is 1. The molecule has 1 fully saturated rings. The number of rotatable bonds is 5. The van der Waals surface area contributed by atoms with Crippen molar-refractivity contribution >= 4 is 38.2 Å². The van der Waals surface area contributed by atoms with E-state index in [-0.39, 0.29) is 23.3 Å². The highest BCUT2D eigenvalue weighted by Gasteiger charge is 2.32. The van der Waals surface area contributed by atoms with Crippen LogP contribution in [0.2, 0.25) is 0 Å². The molecule has 0 saturated carbocycles. The number of furan rings is 1. The molecule has 1 amide bonds. The summed E-state index contributed by atoms with van der Waals surface area (Å²) in [7, 11) is -3.15. The van der Waals surface area contributed by atoms with E-state index in [2.05, 4.69) is 10.4 Å². The van der Waals surface area contributed by atoms with Crippen molar-refractivity contribution in [1.29, 1.82) is 0 Å². The Morgan fingerprint density at radius 1 is 1.18 bits per heavy atom. The molecule has 0 radical (unpaired) electrons. The van der Waals surface area contributed by atoms with Crippen LogP contribution in [0.1, 0.15) is 45.8 Å². The van der Waals surface area contributed by atoms with Gasteiger partial charge in [0.25, 0.3) is 5.91 Å². The number of aryl methyl sites for hydroxylation is 1. The third-order valence-corrected chi connectivity index (χ3v) is 7.69. The van der Waals surface area contributed by atoms with E-state index in [0.717, 1.165) is 0 Å². The monoisotopic (exact) mass is 478 g/mol. The molecule has 174 valence electrons. The molecule has 4 aromatic rings. The number of Topliss-reactive ketones (excluding diaryl/α,β-unsaturated/α-hetero) is 1. The third kappa shape index (κ3) is 4.01. The molecule has 0 unspecified atom stereocenters. The first-order valence-electron chi connectivity index (χ1n) is 10.8. The van der Waals surface area contributed by atoms with Gasteiger partial charge in [-0.1, -0.05) is 12.1 Å². The molecule has 1 atom stereocenters. The Balaban J connectivity index is 1.64. The Bertz CT molecular complexity index is 1540. The molecule has 1 saturated heterocycles. The molecule has 1 aliphatic heterocycles. The number of nitrogens with zero attached hydrogens (tertiary/aromatic N) is 3. The van der Waals surface area contributed by atoms with Crippen molar-refractivity contribution < 1.29 is 22.4 Å². The summed E-state index contributed by atoms with van der Waals surface area (Å²) in [5, 5.41) is 7.98. The highest BCUT2D eigenvalue weighted by Crippen LogP contribution is 2.32. The van der Waals surface area contributed by atoms with Crippen LogP contribution in [0.3, 0.4) is 0 Å². The number of anilines is 1. The summed E-state index contributed by atoms with van der Waals surface area (Å²) in [6, 6.07) is 11.4. The van der Waals surface area contributed by atoms with Crippen LogP contribution in [0, 0.1) is 6.92 Å². The van der Waals surface area contributed by atoms with Gasteiger partial charge in [0, 0.05) is 11.3 Å². The highest BCUT2D eigenvalue weighted by molar-refractivity contribution is 7.91. The van der Waals surface area contributed by atoms with Gasteiger partial charge in [0.05, 0.1) is 40.5 Å². The molecule has 4 heterocycles. The molecule has 1 N–H and O–H groups in total. The predicted octanol–water partition coefficient (Wildman–Crippen LogP) is 3.81. The zero-order valence-electron chi connectivity index (χ0n) is 18.6. The second-order valence-corrected chi connectivity index (χ2v) is 10.6. The summed E-state index contributed by atoms with van der Waals surface area (Å²) in [4.78, 5) is 29.9. The van der Waals surface area contributed by atoms with E-state index in [0.29, 0.717) is 51.4 Å². The standard InChI is InChI=1S/C24H22N4O5S/c1-14-22-19(24(30)25-17-6-3-5-16(11-17)15(2)29)12-20(21-7-4-9-33-21)26-23(22)28(27-14)18-8-10-34(31,32)13-18/h3-7,9,11-12,18H,8,10,13H2,1-2H3,(H,25,30)/t18-/m1/s1. The number of carbonyl (C=O) groups excluding carboxylic acids is 2. The summed E-state index contributed by atoms with van der Waals surface area (Å²) >= 11 is 0. The lowest BCUT2D eigenvalue weighted by molar-refractivity contribution is 0.101. The highest BCUT2D eigenvalue weighted by atomic mass is 32.2. The van der Waals surface area contributed by atoms with Crippen LogP contribution in [-0.4, -0.2) is 46.4 Å². The average Bonchev–Trinajstić information content (AvgIpc) is 3.52. The molecule has 1 aromatic carbocycles. The number of benzene rings is 1. The summed E-state index contributed by atoms with van der Waals surface area (Å²) in [6.45, 7) is 3.23. The van der Waals surface area contributed by atoms with E-state index in [4.69, 9.17) is 9.40 Å². The first-order valence-corrected chi connectivity index (χ1v) is 12.6. The molecule has 3 aromatic heterocycles. The fraction of sp³-hybridized carbons (Fsp3) is 0.250. The van der Waals surface area contributed by atoms with Gasteiger partial charge in [-0.05, 0) is 50.6 Å². The minimum atomic E-state index is -3.15. The van der Waals surface area contributed by atoms with Crippen LogP contribution < -0.4 is 5.32 Å². The molecule has 10 heteroatoms. The number of carbonyl (C=O) groups is 2. The van der Waals surface area contributed by atoms with Gasteiger partial charge in [0.1, 0.15) is 5.69 Å². The Labute approximate surface area is 195 Å². The van der Waals surface area contributed by atoms with Crippen LogP contribution in [-0.2, 0) is 9.84 Å². The zero-order chi connectivity index (χ0) is 24.0. The lowest BCUT2D eigenvalue weighted by Gasteiger charge is -2.12. The van der Waals surface area contributed by atoms with Gasteiger partial charge in [0.2, 0.25) is 0 Å². The number of amides is 1. The summed E-state index contributed by atoms with van der Waals surface area (Å²) in [5.41, 5.74) is 2.72. The van der Waals surface area contributed by atoms with Gasteiger partial charge in [-0.15, -0.1) is 0 Å². The second kappa shape index (κ2) is 8.21. The topological polar surface area (TPSA) is 124 Å². The van der Waals surface area contributed by atoms with Crippen LogP contribution >= 0.6 is 0 Å². The number of hydrogen-bond donors (Lipinski definition) is 1. The van der Waals surface area contributed by atoms with Gasteiger partial charge in [-0.3, -0.25) is 9.59 Å². The van der Waals surface area contributed by atoms with Crippen molar-refractivity contribution in [1.82, 2.24) is 14.8 Å². The normalized spacial score (nSPS) is 17.2. The lowest BCUT2D eigenvalue weighted by atomic mass is 10.1. The Morgan fingerprint density at radius 3 is 2.68 bits per heavy atom. The Morgan fingerprint density at radius 2 is 2.00 bits per heavy atom. The van der Waals surface area contributed by atoms with Crippen molar-refractivity contribution in [2.45, 2.75) is 26.3 Å². The molecule has 9 nitrogen and oxygen atoms in total. The zero-order valence-corrected chi connectivity index (χ0v) is 19.4. The van der Waals surface area contributed by atoms with Crippen molar-refractivity contribution in [3.63, 3.8) is 0 Å². The predicted molar refractivity (Wildman–Crippen MR) is 127 cm³/mol. The van der Waals surface area contributed by atoms with E-state index in [1.807, 2.05) is 0 Å². The van der Waals surface area contributed by atoms with E-state index in [9.17, 15) is 18.0 Å². The minimum Gasteiger partial charge on any atom is -0.463 e. The lowest BCUT2D eigenvalue weighted by Crippen LogP contribution is -2.15. The number of nitrogens with one attached hydrogen (secondary N) is 1. The van der Waals surface area contributed by atoms with Gasteiger partial charge < -0.3 is 9.73 Å². The van der Waals surface area contributed by atoms with Gasteiger partial charge in [0.15, 0.2) is 27.0 Å². The van der Waals surface area contributed by atoms with Gasteiger partial charge >= 0.3 is 0 Å². The number of hydrogen-bond acceptors (Lipinski definition) is 7. The molecule has 1 aliphatic rings. The number of ketones is 1. The largest absolute Gasteiger partial charge is 0.463 e. The van der Waals surface area contributed by atoms with Crippen molar-refractivity contribution in [3.8, 4) is 11.5 Å². The molecule has 0 aliphatic carbocycles. The van der Waals surface area contributed by atoms with Crippen LogP contribution in [0.5, 0.6) is 0 Å². The molecule has 34 heavy (non-hydrogen) atoms. The summed E-state index contributed by atoms with van der Waals surface area (Å²) in [5.74, 6) is 0.0399. The smallest absolute Gasteiger partial charge is 0.256 e. The first kappa shape index (κ1) is 22.0. The van der Waals surface area contributed by atoms with E-state index >= 15 is 0 Å². The Hall–Kier alpha value is -3.79. The SMILES string of the molecule is CC(=O)c1cccc(NC(=O)c2cc(-c3ccco3)nc3c2c(C)nn3[C@@H]2CCS(=O)(=O)C2)c1. The molecule has 0 bridgehead atoms. The van der Waals surface area contributed by atoms with Crippen LogP contribution in [0.4, 0.5) is 5.69 Å². The summed E-state index contributed by atoms with van der Waals surface area (Å²) in [6.07, 6.45) is 1.95. The quantitative estimate of drug-likeness (QED) is 0.433. The van der Waals surface area contributed by atoms with Gasteiger partial charge in [-0.25, -0.2) is 18.1 Å². The maximum absolute atomic E-state index is 13.4.